The summed E-state index contributed by atoms with van der Waals surface area (Å²) in [6.07, 6.45) is 8.88. The molecule has 0 aliphatic heterocycles. The quantitative estimate of drug-likeness (QED) is 0.384. The Kier molecular flexibility index (Phi) is 8.27. The van der Waals surface area contributed by atoms with Gasteiger partial charge in [0.2, 0.25) is 5.91 Å². The minimum absolute atomic E-state index is 0.0205. The molecule has 0 spiro atoms. The molecule has 1 heterocycles. The van der Waals surface area contributed by atoms with Crippen LogP contribution in [-0.2, 0) is 16.1 Å². The van der Waals surface area contributed by atoms with Crippen molar-refractivity contribution in [2.45, 2.75) is 32.4 Å². The van der Waals surface area contributed by atoms with Crippen LogP contribution in [0.4, 0.5) is 14.9 Å². The number of hydrogen-bond acceptors (Lipinski definition) is 6. The summed E-state index contributed by atoms with van der Waals surface area (Å²) < 4.78 is 19.7. The van der Waals surface area contributed by atoms with Crippen LogP contribution in [0, 0.1) is 5.82 Å². The smallest absolute Gasteiger partial charge is 0.412 e. The number of nitrogens with zero attached hydrogens (tertiary/aromatic N) is 3. The molecule has 0 saturated heterocycles. The third-order valence-electron chi connectivity index (χ3n) is 4.66. The fourth-order valence-corrected chi connectivity index (χ4v) is 2.80. The van der Waals surface area contributed by atoms with Crippen LogP contribution in [0.2, 0.25) is 0 Å². The zero-order chi connectivity index (χ0) is 24.5. The Morgan fingerprint density at radius 3 is 2.59 bits per heavy atom. The number of aromatic nitrogens is 3. The van der Waals surface area contributed by atoms with Crippen molar-refractivity contribution in [3.63, 3.8) is 0 Å². The highest BCUT2D eigenvalue weighted by atomic mass is 19.1. The highest BCUT2D eigenvalue weighted by Gasteiger charge is 2.28. The van der Waals surface area contributed by atoms with Crippen molar-refractivity contribution < 1.29 is 23.5 Å². The lowest BCUT2D eigenvalue weighted by atomic mass is 10.2. The fourth-order valence-electron chi connectivity index (χ4n) is 2.80. The number of ether oxygens (including phenoxy) is 1. The highest BCUT2D eigenvalue weighted by Crippen LogP contribution is 2.21. The minimum atomic E-state index is -0.802. The molecule has 1 saturated carbocycles. The van der Waals surface area contributed by atoms with E-state index in [0.29, 0.717) is 11.4 Å². The Morgan fingerprint density at radius 1 is 1.21 bits per heavy atom. The molecule has 3 rings (SSSR count). The van der Waals surface area contributed by atoms with E-state index in [4.69, 9.17) is 4.74 Å². The molecule has 0 atom stereocenters. The van der Waals surface area contributed by atoms with Crippen molar-refractivity contribution >= 4 is 29.3 Å². The normalized spacial score (nSPS) is 13.8. The summed E-state index contributed by atoms with van der Waals surface area (Å²) in [7, 11) is 1.51. The van der Waals surface area contributed by atoms with E-state index in [2.05, 4.69) is 26.3 Å². The number of nitrogens with one attached hydrogen (secondary N) is 3. The molecule has 2 aromatic rings. The summed E-state index contributed by atoms with van der Waals surface area (Å²) in [5.41, 5.74) is 1.09. The molecular weight excluding hydrogens is 443 g/mol. The Balaban J connectivity index is 1.84. The summed E-state index contributed by atoms with van der Waals surface area (Å²) in [5, 5.41) is 15.9. The topological polar surface area (TPSA) is 127 Å². The summed E-state index contributed by atoms with van der Waals surface area (Å²) in [4.78, 5) is 36.5. The standard InChI is InChI=1S/C23H25FN6O4/c1-3-5-18(6-4-7-20(31)25-2)30-19(21(28-29-30)22(32)26-16-12-13-16)14-34-23(33)27-17-10-8-15(24)9-11-17/h3-11,16H,12-14H2,1-2H3,(H,25,31)(H,26,32)(H,27,33)/b5-3-,7-4+,18-6+. The van der Waals surface area contributed by atoms with Gasteiger partial charge in [-0.1, -0.05) is 17.4 Å². The molecule has 11 heteroatoms. The minimum Gasteiger partial charge on any atom is -0.443 e. The van der Waals surface area contributed by atoms with Crippen molar-refractivity contribution in [1.29, 1.82) is 0 Å². The monoisotopic (exact) mass is 468 g/mol. The SMILES string of the molecule is C\C=C/C(=C\C=C\C(=O)NC)n1nnc(C(=O)NC2CC2)c1COC(=O)Nc1ccc(F)cc1. The van der Waals surface area contributed by atoms with Crippen molar-refractivity contribution in [3.05, 3.63) is 71.9 Å². The molecule has 0 bridgehead atoms. The number of rotatable bonds is 9. The molecule has 178 valence electrons. The van der Waals surface area contributed by atoms with E-state index in [1.165, 1.54) is 48.1 Å². The Morgan fingerprint density at radius 2 is 1.94 bits per heavy atom. The van der Waals surface area contributed by atoms with Gasteiger partial charge in [0.15, 0.2) is 5.69 Å². The molecule has 0 unspecified atom stereocenters. The maximum absolute atomic E-state index is 13.1. The number of amides is 3. The average Bonchev–Trinajstić information content (AvgIpc) is 3.53. The molecule has 3 amide bonds. The van der Waals surface area contributed by atoms with Gasteiger partial charge in [-0.25, -0.2) is 13.9 Å². The zero-order valence-electron chi connectivity index (χ0n) is 18.7. The lowest BCUT2D eigenvalue weighted by molar-refractivity contribution is -0.116. The summed E-state index contributed by atoms with van der Waals surface area (Å²) >= 11 is 0. The van der Waals surface area contributed by atoms with Crippen molar-refractivity contribution in [1.82, 2.24) is 25.6 Å². The second kappa shape index (κ2) is 11.5. The molecule has 1 fully saturated rings. The molecule has 10 nitrogen and oxygen atoms in total. The molecule has 0 radical (unpaired) electrons. The van der Waals surface area contributed by atoms with E-state index in [-0.39, 0.29) is 29.9 Å². The maximum Gasteiger partial charge on any atom is 0.412 e. The van der Waals surface area contributed by atoms with Crippen molar-refractivity contribution in [3.8, 4) is 0 Å². The molecule has 34 heavy (non-hydrogen) atoms. The summed E-state index contributed by atoms with van der Waals surface area (Å²) in [6.45, 7) is 1.47. The van der Waals surface area contributed by atoms with Gasteiger partial charge in [-0.05, 0) is 56.2 Å². The van der Waals surface area contributed by atoms with Gasteiger partial charge in [-0.2, -0.15) is 0 Å². The molecule has 1 aliphatic rings. The lowest BCUT2D eigenvalue weighted by Crippen LogP contribution is -2.27. The summed E-state index contributed by atoms with van der Waals surface area (Å²) in [6, 6.07) is 5.28. The van der Waals surface area contributed by atoms with Gasteiger partial charge in [0.05, 0.1) is 5.70 Å². The van der Waals surface area contributed by atoms with Gasteiger partial charge in [0.1, 0.15) is 18.1 Å². The fraction of sp³-hybridized carbons (Fsp3) is 0.261. The number of allylic oxidation sites excluding steroid dienone is 5. The van der Waals surface area contributed by atoms with E-state index < -0.39 is 17.8 Å². The third-order valence-corrected chi connectivity index (χ3v) is 4.66. The van der Waals surface area contributed by atoms with Gasteiger partial charge in [0.25, 0.3) is 5.91 Å². The van der Waals surface area contributed by atoms with Crippen LogP contribution in [0.15, 0.2) is 54.6 Å². The van der Waals surface area contributed by atoms with Crippen molar-refractivity contribution in [2.24, 2.45) is 0 Å². The van der Waals surface area contributed by atoms with Crippen LogP contribution in [0.25, 0.3) is 5.70 Å². The number of carbonyl (C=O) groups excluding carboxylic acids is 3. The largest absolute Gasteiger partial charge is 0.443 e. The van der Waals surface area contributed by atoms with Crippen LogP contribution < -0.4 is 16.0 Å². The van der Waals surface area contributed by atoms with Crippen LogP contribution >= 0.6 is 0 Å². The van der Waals surface area contributed by atoms with Gasteiger partial charge in [-0.15, -0.1) is 5.10 Å². The van der Waals surface area contributed by atoms with Gasteiger partial charge < -0.3 is 15.4 Å². The van der Waals surface area contributed by atoms with Crippen LogP contribution in [-0.4, -0.2) is 46.0 Å². The predicted octanol–water partition coefficient (Wildman–Crippen LogP) is 2.78. The van der Waals surface area contributed by atoms with Gasteiger partial charge >= 0.3 is 6.09 Å². The first-order chi connectivity index (χ1) is 16.4. The van der Waals surface area contributed by atoms with Crippen LogP contribution in [0.1, 0.15) is 35.9 Å². The second-order valence-corrected chi connectivity index (χ2v) is 7.32. The third kappa shape index (κ3) is 6.86. The average molecular weight is 468 g/mol. The number of carbonyl (C=O) groups is 3. The van der Waals surface area contributed by atoms with Crippen molar-refractivity contribution in [2.75, 3.05) is 12.4 Å². The van der Waals surface area contributed by atoms with E-state index in [1.807, 2.05) is 0 Å². The van der Waals surface area contributed by atoms with Crippen LogP contribution in [0.5, 0.6) is 0 Å². The Labute approximate surface area is 195 Å². The Bertz CT molecular complexity index is 1130. The molecule has 1 aromatic heterocycles. The van der Waals surface area contributed by atoms with E-state index in [0.717, 1.165) is 12.8 Å². The van der Waals surface area contributed by atoms with E-state index in [1.54, 1.807) is 25.2 Å². The van der Waals surface area contributed by atoms with Crippen LogP contribution in [0.3, 0.4) is 0 Å². The molecule has 1 aliphatic carbocycles. The molecular formula is C23H25FN6O4. The first-order valence-corrected chi connectivity index (χ1v) is 10.6. The number of anilines is 1. The number of halogens is 1. The second-order valence-electron chi connectivity index (χ2n) is 7.32. The highest BCUT2D eigenvalue weighted by molar-refractivity contribution is 5.94. The number of likely N-dealkylation sites (N-methyl/N-ethyl adjacent to an activating group) is 1. The first kappa shape index (κ1) is 24.4. The zero-order valence-corrected chi connectivity index (χ0v) is 18.7. The molecule has 3 N–H and O–H groups in total. The van der Waals surface area contributed by atoms with E-state index in [9.17, 15) is 18.8 Å². The van der Waals surface area contributed by atoms with E-state index >= 15 is 0 Å². The number of hydrogen-bond donors (Lipinski definition) is 3. The van der Waals surface area contributed by atoms with Gasteiger partial charge in [-0.3, -0.25) is 14.9 Å². The summed E-state index contributed by atoms with van der Waals surface area (Å²) in [5.74, 6) is -1.15. The first-order valence-electron chi connectivity index (χ1n) is 10.6. The number of benzene rings is 1. The predicted molar refractivity (Wildman–Crippen MR) is 123 cm³/mol. The maximum atomic E-state index is 13.1. The molecule has 1 aromatic carbocycles. The Hall–Kier alpha value is -4.28. The lowest BCUT2D eigenvalue weighted by Gasteiger charge is -2.11. The van der Waals surface area contributed by atoms with Gasteiger partial charge in [0, 0.05) is 24.9 Å².